The van der Waals surface area contributed by atoms with E-state index >= 15 is 0 Å². The zero-order chi connectivity index (χ0) is 28.5. The van der Waals surface area contributed by atoms with Crippen LogP contribution in [0.3, 0.4) is 0 Å². The van der Waals surface area contributed by atoms with Gasteiger partial charge in [-0.3, -0.25) is 0 Å². The molecule has 0 aliphatic rings. The molecule has 0 aliphatic carbocycles. The van der Waals surface area contributed by atoms with Crippen LogP contribution in [-0.4, -0.2) is 121 Å². The molecular weight excluding hydrogens is 520 g/mol. The second-order valence-electron chi connectivity index (χ2n) is 10.3. The van der Waals surface area contributed by atoms with Crippen molar-refractivity contribution in [1.82, 2.24) is 0 Å². The average molecular weight is 583 g/mol. The second kappa shape index (κ2) is 32.4. The molecule has 0 atom stereocenters. The van der Waals surface area contributed by atoms with E-state index in [1.165, 1.54) is 44.9 Å². The molecule has 39 heavy (non-hydrogen) atoms. The lowest BCUT2D eigenvalue weighted by Gasteiger charge is -2.16. The Morgan fingerprint density at radius 2 is 0.564 bits per heavy atom. The molecule has 0 aromatic carbocycles. The molecule has 0 spiro atoms. The summed E-state index contributed by atoms with van der Waals surface area (Å²) < 4.78 is 49.7. The van der Waals surface area contributed by atoms with Crippen LogP contribution in [-0.2, 0) is 42.3 Å². The van der Waals surface area contributed by atoms with Crippen LogP contribution in [0.2, 0.25) is 19.6 Å². The van der Waals surface area contributed by atoms with Crippen molar-refractivity contribution in [2.45, 2.75) is 77.9 Å². The summed E-state index contributed by atoms with van der Waals surface area (Å²) in [6, 6.07) is 0. The first-order chi connectivity index (χ1) is 19.1. The lowest BCUT2D eigenvalue weighted by Crippen LogP contribution is -2.27. The molecule has 236 valence electrons. The van der Waals surface area contributed by atoms with Gasteiger partial charge in [0.15, 0.2) is 8.32 Å². The monoisotopic (exact) mass is 582 g/mol. The molecule has 0 radical (unpaired) electrons. The molecule has 0 heterocycles. The maximum atomic E-state index is 5.72. The standard InChI is InChI=1S/C29H62O9Si/c1-5-6-7-8-9-10-11-12-13-30-14-15-31-16-17-32-18-19-33-20-21-34-22-23-35-24-25-36-26-27-37-28-29-38-39(2,3)4/h5-29H2,1-4H3. The molecule has 0 saturated heterocycles. The van der Waals surface area contributed by atoms with Gasteiger partial charge in [0.1, 0.15) is 0 Å². The van der Waals surface area contributed by atoms with Crippen LogP contribution in [0.1, 0.15) is 58.3 Å². The lowest BCUT2D eigenvalue weighted by atomic mass is 10.1. The second-order valence-corrected chi connectivity index (χ2v) is 14.8. The summed E-state index contributed by atoms with van der Waals surface area (Å²) in [6.07, 6.45) is 10.6. The van der Waals surface area contributed by atoms with Crippen LogP contribution in [0.4, 0.5) is 0 Å². The molecule has 0 aromatic heterocycles. The molecular formula is C29H62O9Si. The third-order valence-electron chi connectivity index (χ3n) is 5.51. The third-order valence-corrected chi connectivity index (χ3v) is 6.58. The maximum Gasteiger partial charge on any atom is 0.183 e. The van der Waals surface area contributed by atoms with Crippen LogP contribution >= 0.6 is 0 Å². The molecule has 0 saturated carbocycles. The molecule has 0 bridgehead atoms. The van der Waals surface area contributed by atoms with Gasteiger partial charge in [-0.2, -0.15) is 0 Å². The van der Waals surface area contributed by atoms with Crippen LogP contribution in [0, 0.1) is 0 Å². The highest BCUT2D eigenvalue weighted by molar-refractivity contribution is 6.69. The molecule has 0 fully saturated rings. The minimum atomic E-state index is -1.44. The van der Waals surface area contributed by atoms with Crippen molar-refractivity contribution in [2.24, 2.45) is 0 Å². The average Bonchev–Trinajstić information content (AvgIpc) is 2.90. The number of unbranched alkanes of at least 4 members (excludes halogenated alkanes) is 7. The SMILES string of the molecule is CCCCCCCCCCOCCOCCOCCOCCOCCOCCOCCOCCO[Si](C)(C)C. The van der Waals surface area contributed by atoms with Gasteiger partial charge in [0.2, 0.25) is 0 Å². The first-order valence-electron chi connectivity index (χ1n) is 15.3. The number of ether oxygens (including phenoxy) is 8. The van der Waals surface area contributed by atoms with E-state index in [0.717, 1.165) is 13.0 Å². The van der Waals surface area contributed by atoms with E-state index in [2.05, 4.69) is 26.6 Å². The van der Waals surface area contributed by atoms with E-state index in [1.807, 2.05) is 0 Å². The zero-order valence-corrected chi connectivity index (χ0v) is 26.9. The van der Waals surface area contributed by atoms with E-state index in [-0.39, 0.29) is 0 Å². The van der Waals surface area contributed by atoms with E-state index in [1.54, 1.807) is 0 Å². The molecule has 0 amide bonds. The summed E-state index contributed by atoms with van der Waals surface area (Å²) >= 11 is 0. The maximum absolute atomic E-state index is 5.72. The number of rotatable bonds is 34. The van der Waals surface area contributed by atoms with Crippen LogP contribution in [0.25, 0.3) is 0 Å². The van der Waals surface area contributed by atoms with Crippen LogP contribution in [0.5, 0.6) is 0 Å². The summed E-state index contributed by atoms with van der Waals surface area (Å²) in [4.78, 5) is 0. The van der Waals surface area contributed by atoms with Crippen molar-refractivity contribution in [3.05, 3.63) is 0 Å². The van der Waals surface area contributed by atoms with E-state index in [0.29, 0.717) is 106 Å². The molecule has 0 aliphatic heterocycles. The normalized spacial score (nSPS) is 12.0. The Morgan fingerprint density at radius 3 is 0.872 bits per heavy atom. The highest BCUT2D eigenvalue weighted by atomic mass is 28.4. The minimum Gasteiger partial charge on any atom is -0.415 e. The fourth-order valence-electron chi connectivity index (χ4n) is 3.39. The first kappa shape index (κ1) is 38.9. The van der Waals surface area contributed by atoms with Crippen molar-refractivity contribution >= 4 is 8.32 Å². The quantitative estimate of drug-likeness (QED) is 0.0759. The minimum absolute atomic E-state index is 0.542. The van der Waals surface area contributed by atoms with Gasteiger partial charge in [-0.25, -0.2) is 0 Å². The molecule has 10 heteroatoms. The van der Waals surface area contributed by atoms with Crippen molar-refractivity contribution in [3.63, 3.8) is 0 Å². The van der Waals surface area contributed by atoms with Crippen molar-refractivity contribution in [1.29, 1.82) is 0 Å². The van der Waals surface area contributed by atoms with Gasteiger partial charge in [-0.15, -0.1) is 0 Å². The predicted octanol–water partition coefficient (Wildman–Crippen LogP) is 5.11. The smallest absolute Gasteiger partial charge is 0.183 e. The Labute approximate surface area is 240 Å². The Hall–Kier alpha value is -0.143. The Bertz CT molecular complexity index is 453. The Balaban J connectivity index is 3.04. The van der Waals surface area contributed by atoms with E-state index < -0.39 is 8.32 Å². The molecule has 0 N–H and O–H groups in total. The highest BCUT2D eigenvalue weighted by Crippen LogP contribution is 2.08. The molecule has 9 nitrogen and oxygen atoms in total. The predicted molar refractivity (Wildman–Crippen MR) is 158 cm³/mol. The van der Waals surface area contributed by atoms with E-state index in [9.17, 15) is 0 Å². The topological polar surface area (TPSA) is 83.1 Å². The van der Waals surface area contributed by atoms with Gasteiger partial charge < -0.3 is 42.3 Å². The highest BCUT2D eigenvalue weighted by Gasteiger charge is 2.13. The third kappa shape index (κ3) is 37.9. The summed E-state index contributed by atoms with van der Waals surface area (Å²) in [5.41, 5.74) is 0. The van der Waals surface area contributed by atoms with Crippen molar-refractivity contribution in [3.8, 4) is 0 Å². The largest absolute Gasteiger partial charge is 0.415 e. The summed E-state index contributed by atoms with van der Waals surface area (Å²) in [7, 11) is -1.44. The Morgan fingerprint density at radius 1 is 0.308 bits per heavy atom. The van der Waals surface area contributed by atoms with Crippen molar-refractivity contribution in [2.75, 3.05) is 112 Å². The van der Waals surface area contributed by atoms with Gasteiger partial charge in [-0.05, 0) is 26.1 Å². The van der Waals surface area contributed by atoms with Gasteiger partial charge in [0.05, 0.1) is 106 Å². The summed E-state index contributed by atoms with van der Waals surface area (Å²) in [6.45, 7) is 18.8. The zero-order valence-electron chi connectivity index (χ0n) is 25.9. The van der Waals surface area contributed by atoms with Gasteiger partial charge in [0, 0.05) is 6.61 Å². The van der Waals surface area contributed by atoms with Crippen LogP contribution in [0.15, 0.2) is 0 Å². The molecule has 0 aromatic rings. The molecule has 0 unspecified atom stereocenters. The van der Waals surface area contributed by atoms with Crippen LogP contribution < -0.4 is 0 Å². The fourth-order valence-corrected chi connectivity index (χ4v) is 4.08. The van der Waals surface area contributed by atoms with Gasteiger partial charge in [-0.1, -0.05) is 51.9 Å². The molecule has 0 rings (SSSR count). The van der Waals surface area contributed by atoms with Gasteiger partial charge >= 0.3 is 0 Å². The summed E-state index contributed by atoms with van der Waals surface area (Å²) in [5, 5.41) is 0. The first-order valence-corrected chi connectivity index (χ1v) is 18.7. The summed E-state index contributed by atoms with van der Waals surface area (Å²) in [5.74, 6) is 0. The lowest BCUT2D eigenvalue weighted by molar-refractivity contribution is -0.0237. The number of hydrogen-bond acceptors (Lipinski definition) is 9. The number of hydrogen-bond donors (Lipinski definition) is 0. The Kier molecular flexibility index (Phi) is 32.3. The van der Waals surface area contributed by atoms with E-state index in [4.69, 9.17) is 42.3 Å². The van der Waals surface area contributed by atoms with Gasteiger partial charge in [0.25, 0.3) is 0 Å². The van der Waals surface area contributed by atoms with Crippen molar-refractivity contribution < 1.29 is 42.3 Å². The fraction of sp³-hybridized carbons (Fsp3) is 1.00.